The fourth-order valence-corrected chi connectivity index (χ4v) is 1.11. The highest BCUT2D eigenvalue weighted by Crippen LogP contribution is 2.25. The molecule has 1 aromatic carbocycles. The highest BCUT2D eigenvalue weighted by atomic mass is 16.5. The quantitative estimate of drug-likeness (QED) is 0.741. The van der Waals surface area contributed by atoms with E-state index in [9.17, 15) is 0 Å². The van der Waals surface area contributed by atoms with Crippen LogP contribution >= 0.6 is 0 Å². The molecule has 0 bridgehead atoms. The van der Waals surface area contributed by atoms with Crippen LogP contribution in [0.15, 0.2) is 28.7 Å². The lowest BCUT2D eigenvalue weighted by atomic mass is 10.2. The Labute approximate surface area is 92.3 Å². The zero-order chi connectivity index (χ0) is 13.4. The molecule has 78 valence electrons. The number of para-hydroxylation sites is 2. The smallest absolute Gasteiger partial charge is 0.232 e. The largest absolute Gasteiger partial charge is 0.397 e. The van der Waals surface area contributed by atoms with Crippen LogP contribution in [0.25, 0.3) is 0 Å². The summed E-state index contributed by atoms with van der Waals surface area (Å²) in [5.41, 5.74) is 7.82. The van der Waals surface area contributed by atoms with E-state index in [4.69, 9.17) is 14.4 Å². The van der Waals surface area contributed by atoms with E-state index in [1.54, 1.807) is 0 Å². The number of benzene rings is 1. The van der Waals surface area contributed by atoms with Gasteiger partial charge in [-0.15, -0.1) is 0 Å². The maximum atomic E-state index is 7.63. The third-order valence-corrected chi connectivity index (χ3v) is 2.18. The predicted molar refractivity (Wildman–Crippen MR) is 60.1 cm³/mol. The first kappa shape index (κ1) is 6.50. The van der Waals surface area contributed by atoms with Crippen LogP contribution in [0.1, 0.15) is 15.4 Å². The van der Waals surface area contributed by atoms with Crippen molar-refractivity contribution in [1.29, 1.82) is 0 Å². The number of nitrogens with two attached hydrogens (primary N) is 1. The normalized spacial score (nSPS) is 13.1. The van der Waals surface area contributed by atoms with Crippen molar-refractivity contribution in [3.8, 4) is 0 Å². The zero-order valence-corrected chi connectivity index (χ0v) is 8.51. The van der Waals surface area contributed by atoms with Gasteiger partial charge >= 0.3 is 0 Å². The average Bonchev–Trinajstić information content (AvgIpc) is 2.65. The van der Waals surface area contributed by atoms with Crippen LogP contribution in [0, 0.1) is 13.8 Å². The monoisotopic (exact) mass is 206 g/mol. The molecule has 3 N–H and O–H groups in total. The Morgan fingerprint density at radius 2 is 2.27 bits per heavy atom. The highest BCUT2D eigenvalue weighted by Gasteiger charge is 2.08. The molecule has 15 heavy (non-hydrogen) atoms. The molecule has 0 aliphatic carbocycles. The van der Waals surface area contributed by atoms with Crippen molar-refractivity contribution >= 4 is 17.3 Å². The molecule has 2 rings (SSSR count). The van der Waals surface area contributed by atoms with Crippen molar-refractivity contribution in [1.82, 2.24) is 5.16 Å². The van der Waals surface area contributed by atoms with Gasteiger partial charge in [-0.05, 0) is 26.0 Å². The van der Waals surface area contributed by atoms with Gasteiger partial charge in [0.1, 0.15) is 0 Å². The van der Waals surface area contributed by atoms with E-state index in [1.165, 1.54) is 6.07 Å². The van der Waals surface area contributed by atoms with E-state index in [1.807, 2.05) is 13.8 Å². The Morgan fingerprint density at radius 3 is 2.93 bits per heavy atom. The number of hydrogen-bond donors (Lipinski definition) is 2. The van der Waals surface area contributed by atoms with E-state index < -0.39 is 0 Å². The minimum absolute atomic E-state index is 0.0643. The van der Waals surface area contributed by atoms with Gasteiger partial charge in [-0.2, -0.15) is 0 Å². The molecule has 0 spiro atoms. The molecule has 0 saturated carbocycles. The first-order valence-electron chi connectivity index (χ1n) is 5.98. The maximum absolute atomic E-state index is 7.63. The fraction of sp³-hybridized carbons (Fsp3) is 0.182. The number of aryl methyl sites for hydroxylation is 1. The Morgan fingerprint density at radius 1 is 1.47 bits per heavy atom. The minimum Gasteiger partial charge on any atom is -0.397 e. The number of nitrogen functional groups attached to an aromatic ring is 1. The number of nitrogens with one attached hydrogen (secondary N) is 1. The third-order valence-electron chi connectivity index (χ3n) is 2.18. The Kier molecular flexibility index (Phi) is 1.58. The van der Waals surface area contributed by atoms with Crippen molar-refractivity contribution in [2.75, 3.05) is 11.1 Å². The molecule has 0 radical (unpaired) electrons. The van der Waals surface area contributed by atoms with Gasteiger partial charge in [0, 0.05) is 5.56 Å². The Bertz CT molecular complexity index is 610. The van der Waals surface area contributed by atoms with Crippen LogP contribution < -0.4 is 11.1 Å². The second kappa shape index (κ2) is 3.65. The Hall–Kier alpha value is -1.97. The molecular formula is C11H13N3O. The molecule has 1 aromatic heterocycles. The summed E-state index contributed by atoms with van der Waals surface area (Å²) >= 11 is 0. The van der Waals surface area contributed by atoms with E-state index in [2.05, 4.69) is 10.5 Å². The Balaban J connectivity index is 2.44. The van der Waals surface area contributed by atoms with Crippen molar-refractivity contribution in [3.63, 3.8) is 0 Å². The molecule has 0 fully saturated rings. The molecule has 4 heteroatoms. The lowest BCUT2D eigenvalue weighted by molar-refractivity contribution is 0.429. The molecule has 0 atom stereocenters. The van der Waals surface area contributed by atoms with Crippen LogP contribution in [-0.2, 0) is 0 Å². The predicted octanol–water partition coefficient (Wildman–Crippen LogP) is 2.62. The zero-order valence-electron chi connectivity index (χ0n) is 11.5. The first-order valence-corrected chi connectivity index (χ1v) is 4.48. The summed E-state index contributed by atoms with van der Waals surface area (Å²) in [6.07, 6.45) is 0. The standard InChI is InChI=1S/C11H13N3O/c1-7-8(2)14-15-11(7)13-10-6-4-3-5-9(10)12/h3-6,13H,12H2,1-2H3/i3D,4D,5D. The molecule has 0 aliphatic heterocycles. The van der Waals surface area contributed by atoms with E-state index in [-0.39, 0.29) is 23.8 Å². The van der Waals surface area contributed by atoms with E-state index in [0.717, 1.165) is 11.3 Å². The topological polar surface area (TPSA) is 64.1 Å². The molecule has 4 nitrogen and oxygen atoms in total. The number of anilines is 3. The van der Waals surface area contributed by atoms with Gasteiger partial charge in [-0.25, -0.2) is 0 Å². The fourth-order valence-electron chi connectivity index (χ4n) is 1.11. The lowest BCUT2D eigenvalue weighted by Gasteiger charge is -2.05. The van der Waals surface area contributed by atoms with Gasteiger partial charge in [-0.1, -0.05) is 17.2 Å². The molecule has 2 aromatic rings. The number of nitrogens with zero attached hydrogens (tertiary/aromatic N) is 1. The summed E-state index contributed by atoms with van der Waals surface area (Å²) in [6.45, 7) is 3.65. The summed E-state index contributed by atoms with van der Waals surface area (Å²) in [5, 5.41) is 6.69. The minimum atomic E-state index is -0.191. The third kappa shape index (κ3) is 1.79. The lowest BCUT2D eigenvalue weighted by Crippen LogP contribution is -1.95. The van der Waals surface area contributed by atoms with Gasteiger partial charge < -0.3 is 15.6 Å². The van der Waals surface area contributed by atoms with Gasteiger partial charge in [0.05, 0.1) is 21.2 Å². The van der Waals surface area contributed by atoms with Crippen LogP contribution in [0.4, 0.5) is 17.3 Å². The molecule has 0 aliphatic rings. The second-order valence-electron chi connectivity index (χ2n) is 3.21. The van der Waals surface area contributed by atoms with Crippen LogP contribution in [-0.4, -0.2) is 5.16 Å². The van der Waals surface area contributed by atoms with Gasteiger partial charge in [0.15, 0.2) is 0 Å². The SMILES string of the molecule is [2H]c1cc(Nc2onc(C)c2C)c(N)c([2H])c1[2H]. The molecular weight excluding hydrogens is 190 g/mol. The van der Waals surface area contributed by atoms with Crippen molar-refractivity contribution in [3.05, 3.63) is 35.5 Å². The average molecular weight is 206 g/mol. The summed E-state index contributed by atoms with van der Waals surface area (Å²) < 4.78 is 27.8. The maximum Gasteiger partial charge on any atom is 0.232 e. The summed E-state index contributed by atoms with van der Waals surface area (Å²) in [5.74, 6) is 0.427. The van der Waals surface area contributed by atoms with Gasteiger partial charge in [0.2, 0.25) is 5.88 Å². The summed E-state index contributed by atoms with van der Waals surface area (Å²) in [6, 6.07) is 0.973. The van der Waals surface area contributed by atoms with E-state index in [0.29, 0.717) is 11.6 Å². The van der Waals surface area contributed by atoms with Crippen LogP contribution in [0.5, 0.6) is 0 Å². The van der Waals surface area contributed by atoms with Gasteiger partial charge in [-0.3, -0.25) is 0 Å². The molecule has 0 amide bonds. The van der Waals surface area contributed by atoms with Crippen molar-refractivity contribution in [2.24, 2.45) is 0 Å². The number of rotatable bonds is 2. The summed E-state index contributed by atoms with van der Waals surface area (Å²) in [7, 11) is 0. The molecule has 0 saturated heterocycles. The molecule has 0 unspecified atom stereocenters. The van der Waals surface area contributed by atoms with Gasteiger partial charge in [0.25, 0.3) is 0 Å². The second-order valence-corrected chi connectivity index (χ2v) is 3.21. The highest BCUT2D eigenvalue weighted by molar-refractivity contribution is 5.71. The molecule has 1 heterocycles. The summed E-state index contributed by atoms with van der Waals surface area (Å²) in [4.78, 5) is 0. The number of aromatic nitrogens is 1. The van der Waals surface area contributed by atoms with E-state index >= 15 is 0 Å². The number of hydrogen-bond acceptors (Lipinski definition) is 4. The van der Waals surface area contributed by atoms with Crippen molar-refractivity contribution < 1.29 is 8.64 Å². The van der Waals surface area contributed by atoms with Crippen LogP contribution in [0.2, 0.25) is 0 Å². The first-order chi connectivity index (χ1) is 8.41. The van der Waals surface area contributed by atoms with Crippen molar-refractivity contribution in [2.45, 2.75) is 13.8 Å². The van der Waals surface area contributed by atoms with Crippen LogP contribution in [0.3, 0.4) is 0 Å².